The van der Waals surface area contributed by atoms with Gasteiger partial charge in [-0.25, -0.2) is 0 Å². The van der Waals surface area contributed by atoms with Crippen molar-refractivity contribution in [2.75, 3.05) is 20.8 Å². The van der Waals surface area contributed by atoms with Crippen molar-refractivity contribution in [1.82, 2.24) is 5.32 Å². The van der Waals surface area contributed by atoms with Gasteiger partial charge < -0.3 is 19.9 Å². The van der Waals surface area contributed by atoms with Crippen LogP contribution in [0.2, 0.25) is 0 Å². The van der Waals surface area contributed by atoms with Gasteiger partial charge in [-0.2, -0.15) is 0 Å². The van der Waals surface area contributed by atoms with Crippen LogP contribution >= 0.6 is 15.9 Å². The lowest BCUT2D eigenvalue weighted by Gasteiger charge is -2.18. The zero-order valence-electron chi connectivity index (χ0n) is 10.6. The minimum Gasteiger partial charge on any atom is -0.506 e. The van der Waals surface area contributed by atoms with E-state index in [0.29, 0.717) is 22.0 Å². The number of rotatable bonds is 4. The van der Waals surface area contributed by atoms with E-state index in [0.717, 1.165) is 24.9 Å². The number of halogens is 1. The molecule has 2 N–H and O–H groups in total. The normalized spacial score (nSPS) is 18.9. The average molecular weight is 316 g/mol. The van der Waals surface area contributed by atoms with E-state index in [9.17, 15) is 5.11 Å². The Morgan fingerprint density at radius 3 is 2.78 bits per heavy atom. The van der Waals surface area contributed by atoms with Crippen LogP contribution in [0.3, 0.4) is 0 Å². The van der Waals surface area contributed by atoms with Crippen LogP contribution in [0, 0.1) is 0 Å². The average Bonchev–Trinajstić information content (AvgIpc) is 2.87. The summed E-state index contributed by atoms with van der Waals surface area (Å²) in [6.07, 6.45) is 3.04. The van der Waals surface area contributed by atoms with Crippen LogP contribution in [0.15, 0.2) is 10.5 Å². The van der Waals surface area contributed by atoms with Crippen LogP contribution in [0.1, 0.15) is 18.4 Å². The number of benzene rings is 1. The van der Waals surface area contributed by atoms with Gasteiger partial charge in [0.25, 0.3) is 0 Å². The Kier molecular flexibility index (Phi) is 4.35. The van der Waals surface area contributed by atoms with Gasteiger partial charge in [0.2, 0.25) is 0 Å². The van der Waals surface area contributed by atoms with E-state index in [1.807, 2.05) is 0 Å². The van der Waals surface area contributed by atoms with E-state index in [1.165, 1.54) is 6.42 Å². The van der Waals surface area contributed by atoms with Gasteiger partial charge in [-0.15, -0.1) is 0 Å². The maximum Gasteiger partial charge on any atom is 0.167 e. The number of nitrogens with one attached hydrogen (secondary N) is 1. The quantitative estimate of drug-likeness (QED) is 0.896. The van der Waals surface area contributed by atoms with Gasteiger partial charge in [0.15, 0.2) is 11.5 Å². The molecule has 0 bridgehead atoms. The first kappa shape index (κ1) is 13.5. The minimum absolute atomic E-state index is 0.237. The molecule has 0 radical (unpaired) electrons. The van der Waals surface area contributed by atoms with E-state index >= 15 is 0 Å². The summed E-state index contributed by atoms with van der Waals surface area (Å²) in [4.78, 5) is 0. The zero-order valence-corrected chi connectivity index (χ0v) is 12.2. The monoisotopic (exact) mass is 315 g/mol. The van der Waals surface area contributed by atoms with Gasteiger partial charge in [0, 0.05) is 17.7 Å². The van der Waals surface area contributed by atoms with Crippen molar-refractivity contribution in [2.24, 2.45) is 0 Å². The molecule has 0 aliphatic carbocycles. The lowest BCUT2D eigenvalue weighted by Crippen LogP contribution is -2.24. The minimum atomic E-state index is 0.237. The van der Waals surface area contributed by atoms with Gasteiger partial charge in [-0.05, 0) is 41.7 Å². The molecule has 1 aliphatic heterocycles. The van der Waals surface area contributed by atoms with Gasteiger partial charge in [-0.3, -0.25) is 0 Å². The topological polar surface area (TPSA) is 50.7 Å². The smallest absolute Gasteiger partial charge is 0.167 e. The molecule has 1 heterocycles. The highest BCUT2D eigenvalue weighted by Crippen LogP contribution is 2.43. The van der Waals surface area contributed by atoms with Gasteiger partial charge >= 0.3 is 0 Å². The van der Waals surface area contributed by atoms with Gasteiger partial charge in [0.1, 0.15) is 5.75 Å². The highest BCUT2D eigenvalue weighted by atomic mass is 79.9. The Balaban J connectivity index is 2.38. The number of hydrogen-bond donors (Lipinski definition) is 2. The molecule has 0 aromatic heterocycles. The van der Waals surface area contributed by atoms with Crippen molar-refractivity contribution in [3.8, 4) is 17.2 Å². The number of methoxy groups -OCH3 is 2. The Hall–Kier alpha value is -0.940. The van der Waals surface area contributed by atoms with E-state index in [2.05, 4.69) is 21.2 Å². The lowest BCUT2D eigenvalue weighted by molar-refractivity contribution is 0.344. The van der Waals surface area contributed by atoms with Gasteiger partial charge in [-0.1, -0.05) is 0 Å². The van der Waals surface area contributed by atoms with E-state index in [1.54, 1.807) is 20.3 Å². The Labute approximate surface area is 115 Å². The summed E-state index contributed by atoms with van der Waals surface area (Å²) in [7, 11) is 3.19. The molecule has 100 valence electrons. The predicted octanol–water partition coefficient (Wildman–Crippen LogP) is 2.47. The van der Waals surface area contributed by atoms with Crippen LogP contribution in [-0.2, 0) is 6.42 Å². The van der Waals surface area contributed by atoms with Crippen LogP contribution in [0.25, 0.3) is 0 Å². The summed E-state index contributed by atoms with van der Waals surface area (Å²) < 4.78 is 11.3. The second-order valence-corrected chi connectivity index (χ2v) is 5.27. The highest BCUT2D eigenvalue weighted by Gasteiger charge is 2.23. The van der Waals surface area contributed by atoms with Crippen molar-refractivity contribution in [2.45, 2.75) is 25.3 Å². The van der Waals surface area contributed by atoms with E-state index in [-0.39, 0.29) is 5.75 Å². The van der Waals surface area contributed by atoms with E-state index in [4.69, 9.17) is 9.47 Å². The van der Waals surface area contributed by atoms with Crippen molar-refractivity contribution in [1.29, 1.82) is 0 Å². The predicted molar refractivity (Wildman–Crippen MR) is 73.6 cm³/mol. The molecular formula is C13H18BrNO3. The summed E-state index contributed by atoms with van der Waals surface area (Å²) in [5.74, 6) is 1.49. The maximum absolute atomic E-state index is 10.2. The van der Waals surface area contributed by atoms with Crippen LogP contribution in [-0.4, -0.2) is 31.9 Å². The van der Waals surface area contributed by atoms with Crippen LogP contribution < -0.4 is 14.8 Å². The molecule has 1 fully saturated rings. The number of phenolic OH excluding ortho intramolecular Hbond substituents is 1. The largest absolute Gasteiger partial charge is 0.506 e. The van der Waals surface area contributed by atoms with Crippen molar-refractivity contribution in [3.05, 3.63) is 16.1 Å². The maximum atomic E-state index is 10.2. The van der Waals surface area contributed by atoms with Crippen LogP contribution in [0.5, 0.6) is 17.2 Å². The van der Waals surface area contributed by atoms with Crippen molar-refractivity contribution in [3.63, 3.8) is 0 Å². The lowest BCUT2D eigenvalue weighted by atomic mass is 10.0. The SMILES string of the molecule is COc1cc(Br)c(O)c(CC2CCCN2)c1OC. The summed E-state index contributed by atoms with van der Waals surface area (Å²) in [6.45, 7) is 1.04. The Bertz CT molecular complexity index is 431. The fraction of sp³-hybridized carbons (Fsp3) is 0.538. The fourth-order valence-corrected chi connectivity index (χ4v) is 2.84. The second kappa shape index (κ2) is 5.80. The van der Waals surface area contributed by atoms with E-state index < -0.39 is 0 Å². The number of hydrogen-bond acceptors (Lipinski definition) is 4. The van der Waals surface area contributed by atoms with Crippen molar-refractivity contribution >= 4 is 15.9 Å². The number of phenols is 1. The molecule has 18 heavy (non-hydrogen) atoms. The summed E-state index contributed by atoms with van der Waals surface area (Å²) >= 11 is 3.34. The molecule has 1 aromatic carbocycles. The summed E-state index contributed by atoms with van der Waals surface area (Å²) in [6, 6.07) is 2.11. The molecule has 2 rings (SSSR count). The first-order valence-electron chi connectivity index (χ1n) is 6.03. The Morgan fingerprint density at radius 2 is 2.22 bits per heavy atom. The summed E-state index contributed by atoms with van der Waals surface area (Å²) in [5, 5.41) is 13.6. The highest BCUT2D eigenvalue weighted by molar-refractivity contribution is 9.10. The first-order chi connectivity index (χ1) is 8.67. The molecule has 1 aliphatic rings. The third kappa shape index (κ3) is 2.57. The standard InChI is InChI=1S/C13H18BrNO3/c1-17-11-7-10(14)12(16)9(13(11)18-2)6-8-4-3-5-15-8/h7-8,15-16H,3-6H2,1-2H3. The Morgan fingerprint density at radius 1 is 1.44 bits per heavy atom. The van der Waals surface area contributed by atoms with Gasteiger partial charge in [0.05, 0.1) is 18.7 Å². The van der Waals surface area contributed by atoms with Crippen LogP contribution in [0.4, 0.5) is 0 Å². The molecule has 1 unspecified atom stereocenters. The number of ether oxygens (including phenoxy) is 2. The third-order valence-electron chi connectivity index (χ3n) is 3.30. The molecule has 1 saturated heterocycles. The molecule has 5 heteroatoms. The third-order valence-corrected chi connectivity index (χ3v) is 3.91. The molecule has 0 amide bonds. The first-order valence-corrected chi connectivity index (χ1v) is 6.82. The second-order valence-electron chi connectivity index (χ2n) is 4.42. The molecule has 1 aromatic rings. The van der Waals surface area contributed by atoms with Crippen molar-refractivity contribution < 1.29 is 14.6 Å². The molecular weight excluding hydrogens is 298 g/mol. The molecule has 0 spiro atoms. The molecule has 0 saturated carbocycles. The molecule has 1 atom stereocenters. The zero-order chi connectivity index (χ0) is 13.1. The molecule has 4 nitrogen and oxygen atoms in total. The number of aromatic hydroxyl groups is 1. The summed E-state index contributed by atoms with van der Waals surface area (Å²) in [5.41, 5.74) is 0.795. The fourth-order valence-electron chi connectivity index (χ4n) is 2.39.